The number of benzene rings is 8. The average molecular weight is 659 g/mol. The zero-order valence-electron chi connectivity index (χ0n) is 28.2. The molecule has 4 aliphatic rings. The van der Waals surface area contributed by atoms with Crippen molar-refractivity contribution in [1.82, 2.24) is 9.13 Å². The van der Waals surface area contributed by atoms with Crippen molar-refractivity contribution in [3.05, 3.63) is 215 Å². The third-order valence-corrected chi connectivity index (χ3v) is 12.6. The number of nitrogens with zero attached hydrogens (tertiary/aromatic N) is 2. The van der Waals surface area contributed by atoms with Crippen LogP contribution >= 0.6 is 0 Å². The Hall–Kier alpha value is -6.64. The molecule has 0 N–H and O–H groups in total. The van der Waals surface area contributed by atoms with E-state index in [1.165, 1.54) is 105 Å². The van der Waals surface area contributed by atoms with Crippen LogP contribution in [0.4, 0.5) is 0 Å². The highest BCUT2D eigenvalue weighted by atomic mass is 15.0. The zero-order valence-corrected chi connectivity index (χ0v) is 28.2. The van der Waals surface area contributed by atoms with Gasteiger partial charge in [-0.2, -0.15) is 0 Å². The lowest BCUT2D eigenvalue weighted by Crippen LogP contribution is -2.45. The van der Waals surface area contributed by atoms with Crippen LogP contribution in [0.2, 0.25) is 0 Å². The van der Waals surface area contributed by atoms with Crippen molar-refractivity contribution >= 4 is 43.6 Å². The van der Waals surface area contributed by atoms with E-state index in [1.54, 1.807) is 0 Å². The summed E-state index contributed by atoms with van der Waals surface area (Å²) in [5.74, 6) is 0.237. The second kappa shape index (κ2) is 9.37. The van der Waals surface area contributed by atoms with Crippen molar-refractivity contribution in [3.8, 4) is 22.5 Å². The van der Waals surface area contributed by atoms with E-state index in [-0.39, 0.29) is 11.3 Å². The van der Waals surface area contributed by atoms with Gasteiger partial charge < -0.3 is 9.13 Å². The van der Waals surface area contributed by atoms with Crippen LogP contribution in [0, 0.1) is 0 Å². The van der Waals surface area contributed by atoms with E-state index in [9.17, 15) is 0 Å². The maximum atomic E-state index is 2.58. The van der Waals surface area contributed by atoms with Crippen molar-refractivity contribution in [1.29, 1.82) is 0 Å². The molecule has 2 aromatic heterocycles. The van der Waals surface area contributed by atoms with Gasteiger partial charge in [-0.05, 0) is 98.6 Å². The summed E-state index contributed by atoms with van der Waals surface area (Å²) in [5, 5.41) is 5.15. The number of para-hydroxylation sites is 3. The summed E-state index contributed by atoms with van der Waals surface area (Å²) < 4.78 is 4.97. The van der Waals surface area contributed by atoms with Gasteiger partial charge in [0.15, 0.2) is 0 Å². The molecule has 0 fully saturated rings. The molecule has 8 aromatic carbocycles. The molecule has 2 heteroatoms. The Morgan fingerprint density at radius 1 is 0.385 bits per heavy atom. The molecule has 2 nitrogen and oxygen atoms in total. The summed E-state index contributed by atoms with van der Waals surface area (Å²) in [5.41, 5.74) is 19.7. The predicted molar refractivity (Wildman–Crippen MR) is 213 cm³/mol. The molecular weight excluding hydrogens is 629 g/mol. The highest BCUT2D eigenvalue weighted by Crippen LogP contribution is 2.65. The van der Waals surface area contributed by atoms with Gasteiger partial charge >= 0.3 is 0 Å². The molecule has 1 spiro atoms. The molecule has 1 aliphatic heterocycles. The Balaban J connectivity index is 1.10. The standard InChI is InChI=1S/C50H30N2/c1-2-12-32(13-3-1)51-43-22-9-6-14-33(43)38-28-30(24-26-44(38)51)31-25-27-45-39(29-31)34-17-10-21-42-49(34)52(45)46-23-11-18-37-47-35-15-4-7-19-40(35)50(42,48(37)46)41-20-8-5-16-36(41)47/h1-29,47H. The van der Waals surface area contributed by atoms with Gasteiger partial charge in [0.1, 0.15) is 0 Å². The lowest BCUT2D eigenvalue weighted by atomic mass is 9.50. The second-order valence-electron chi connectivity index (χ2n) is 14.8. The van der Waals surface area contributed by atoms with Crippen molar-refractivity contribution < 1.29 is 0 Å². The van der Waals surface area contributed by atoms with Crippen molar-refractivity contribution in [3.63, 3.8) is 0 Å². The lowest BCUT2D eigenvalue weighted by Gasteiger charge is -2.53. The summed E-state index contributed by atoms with van der Waals surface area (Å²) >= 11 is 0. The molecule has 52 heavy (non-hydrogen) atoms. The Morgan fingerprint density at radius 2 is 0.942 bits per heavy atom. The molecule has 0 saturated carbocycles. The number of hydrogen-bond acceptors (Lipinski definition) is 0. The minimum atomic E-state index is -0.363. The minimum Gasteiger partial charge on any atom is -0.309 e. The van der Waals surface area contributed by atoms with Gasteiger partial charge in [0.2, 0.25) is 0 Å². The van der Waals surface area contributed by atoms with Crippen LogP contribution in [0.5, 0.6) is 0 Å². The zero-order chi connectivity index (χ0) is 33.7. The highest BCUT2D eigenvalue weighted by molar-refractivity contribution is 6.14. The molecule has 3 heterocycles. The molecule has 0 atom stereocenters. The Labute approximate surface area is 300 Å². The van der Waals surface area contributed by atoms with Crippen molar-refractivity contribution in [2.24, 2.45) is 0 Å². The van der Waals surface area contributed by atoms with Crippen molar-refractivity contribution in [2.75, 3.05) is 0 Å². The summed E-state index contributed by atoms with van der Waals surface area (Å²) in [6, 6.07) is 66.2. The van der Waals surface area contributed by atoms with Crippen LogP contribution in [-0.2, 0) is 5.41 Å². The summed E-state index contributed by atoms with van der Waals surface area (Å²) in [4.78, 5) is 0. The van der Waals surface area contributed by atoms with Crippen LogP contribution in [0.15, 0.2) is 176 Å². The van der Waals surface area contributed by atoms with E-state index < -0.39 is 0 Å². The topological polar surface area (TPSA) is 9.86 Å². The van der Waals surface area contributed by atoms with Crippen molar-refractivity contribution in [2.45, 2.75) is 11.3 Å². The number of fused-ring (bicyclic) bond motifs is 7. The third kappa shape index (κ3) is 3.03. The number of aromatic nitrogens is 2. The molecule has 10 aromatic rings. The smallest absolute Gasteiger partial charge is 0.0751 e. The Bertz CT molecular complexity index is 3140. The van der Waals surface area contributed by atoms with Gasteiger partial charge in [0.25, 0.3) is 0 Å². The lowest BCUT2D eigenvalue weighted by molar-refractivity contribution is 0.620. The molecule has 0 amide bonds. The van der Waals surface area contributed by atoms with E-state index in [0.717, 1.165) is 0 Å². The van der Waals surface area contributed by atoms with E-state index in [2.05, 4.69) is 185 Å². The summed E-state index contributed by atoms with van der Waals surface area (Å²) in [6.45, 7) is 0. The Morgan fingerprint density at radius 3 is 1.71 bits per heavy atom. The minimum absolute atomic E-state index is 0.237. The van der Waals surface area contributed by atoms with E-state index in [0.29, 0.717) is 0 Å². The van der Waals surface area contributed by atoms with Crippen LogP contribution in [0.3, 0.4) is 0 Å². The van der Waals surface area contributed by atoms with Crippen LogP contribution in [0.1, 0.15) is 44.9 Å². The van der Waals surface area contributed by atoms with E-state index in [4.69, 9.17) is 0 Å². The number of rotatable bonds is 2. The first-order valence-electron chi connectivity index (χ1n) is 18.3. The third-order valence-electron chi connectivity index (χ3n) is 12.6. The average Bonchev–Trinajstić information content (AvgIpc) is 3.73. The normalized spacial score (nSPS) is 17.5. The van der Waals surface area contributed by atoms with Gasteiger partial charge in [0.05, 0.1) is 33.2 Å². The largest absolute Gasteiger partial charge is 0.309 e. The van der Waals surface area contributed by atoms with Gasteiger partial charge in [-0.25, -0.2) is 0 Å². The first-order valence-corrected chi connectivity index (χ1v) is 18.3. The van der Waals surface area contributed by atoms with Gasteiger partial charge in [-0.1, -0.05) is 127 Å². The quantitative estimate of drug-likeness (QED) is 0.175. The fourth-order valence-electron chi connectivity index (χ4n) is 10.7. The summed E-state index contributed by atoms with van der Waals surface area (Å²) in [6.07, 6.45) is 0. The first-order chi connectivity index (χ1) is 25.8. The predicted octanol–water partition coefficient (Wildman–Crippen LogP) is 12.1. The van der Waals surface area contributed by atoms with Crippen LogP contribution < -0.4 is 0 Å². The second-order valence-corrected chi connectivity index (χ2v) is 14.8. The Kier molecular flexibility index (Phi) is 4.89. The molecule has 0 unspecified atom stereocenters. The van der Waals surface area contributed by atoms with E-state index >= 15 is 0 Å². The fourth-order valence-corrected chi connectivity index (χ4v) is 10.7. The number of hydrogen-bond donors (Lipinski definition) is 0. The molecule has 14 rings (SSSR count). The molecule has 2 bridgehead atoms. The van der Waals surface area contributed by atoms with Gasteiger partial charge in [-0.3, -0.25) is 0 Å². The molecule has 240 valence electrons. The van der Waals surface area contributed by atoms with Crippen LogP contribution in [-0.4, -0.2) is 9.13 Å². The van der Waals surface area contributed by atoms with Gasteiger partial charge in [-0.15, -0.1) is 0 Å². The van der Waals surface area contributed by atoms with Crippen LogP contribution in [0.25, 0.3) is 66.1 Å². The fraction of sp³-hybridized carbons (Fsp3) is 0.0400. The highest BCUT2D eigenvalue weighted by Gasteiger charge is 2.56. The molecular formula is C50H30N2. The monoisotopic (exact) mass is 658 g/mol. The molecule has 0 radical (unpaired) electrons. The maximum absolute atomic E-state index is 2.58. The molecule has 3 aliphatic carbocycles. The maximum Gasteiger partial charge on any atom is 0.0751 e. The SMILES string of the molecule is c1ccc(-n2c3ccccc3c3cc(-c4ccc5c(c4)c4cccc6c4n5-c4cccc5c4C64c6ccccc6C5c5ccccc54)ccc32)cc1. The van der Waals surface area contributed by atoms with E-state index in [1.807, 2.05) is 0 Å². The first kappa shape index (κ1) is 27.1. The molecule has 0 saturated heterocycles. The van der Waals surface area contributed by atoms with Gasteiger partial charge in [0, 0.05) is 33.2 Å². The summed E-state index contributed by atoms with van der Waals surface area (Å²) in [7, 11) is 0.